The molecule has 3 aromatic rings. The monoisotopic (exact) mass is 1810 g/mol. The number of carbonyl (C=O) groups excluding carboxylic acids is 13. The van der Waals surface area contributed by atoms with Gasteiger partial charge in [-0.2, -0.15) is 0 Å². The van der Waals surface area contributed by atoms with Crippen molar-refractivity contribution in [2.45, 2.75) is 87.0 Å². The van der Waals surface area contributed by atoms with Crippen LogP contribution < -0.4 is 137 Å². The van der Waals surface area contributed by atoms with Crippen molar-refractivity contribution in [1.82, 2.24) is 71.0 Å². The third-order valence-corrected chi connectivity index (χ3v) is 15.7. The van der Waals surface area contributed by atoms with Gasteiger partial charge in [0.1, 0.15) is 0 Å². The molecule has 2 aliphatic heterocycles. The zero-order chi connectivity index (χ0) is 74.7. The minimum absolute atomic E-state index is 0. The van der Waals surface area contributed by atoms with Crippen molar-refractivity contribution in [2.75, 3.05) is 118 Å². The molecule has 0 atom stereocenters. The van der Waals surface area contributed by atoms with Gasteiger partial charge in [-0.05, 0) is 88.7 Å². The van der Waals surface area contributed by atoms with E-state index in [4.69, 9.17) is 29.8 Å². The van der Waals surface area contributed by atoms with Crippen molar-refractivity contribution in [3.63, 3.8) is 0 Å². The Morgan fingerprint density at radius 3 is 0.886 bits per heavy atom. The number of nitrogens with one attached hydrogen (secondary N) is 4. The number of carbonyl (C=O) groups is 13. The zero-order valence-corrected chi connectivity index (χ0v) is 68.9. The molecule has 0 spiro atoms. The molecule has 36 nitrogen and oxygen atoms in total. The van der Waals surface area contributed by atoms with Crippen molar-refractivity contribution in [3.8, 4) is 0 Å². The van der Waals surface area contributed by atoms with E-state index in [0.29, 0.717) is 79.9 Å². The maximum atomic E-state index is 13.6. The summed E-state index contributed by atoms with van der Waals surface area (Å²) in [6.45, 7) is 2.78. The molecule has 0 fully saturated rings. The minimum atomic E-state index is -1.61. The number of hydrogen-bond acceptors (Lipinski definition) is 30. The van der Waals surface area contributed by atoms with Crippen LogP contribution in [0.25, 0.3) is 44.4 Å². The predicted octanol–water partition coefficient (Wildman–Crippen LogP) is -18.4. The van der Waals surface area contributed by atoms with Gasteiger partial charge in [-0.25, -0.2) is 9.97 Å². The van der Waals surface area contributed by atoms with Gasteiger partial charge in [-0.15, -0.1) is 22.1 Å². The van der Waals surface area contributed by atoms with E-state index < -0.39 is 143 Å². The van der Waals surface area contributed by atoms with Gasteiger partial charge in [0.05, 0.1) is 83.6 Å². The van der Waals surface area contributed by atoms with Crippen molar-refractivity contribution in [3.05, 3.63) is 69.3 Å². The van der Waals surface area contributed by atoms with Crippen LogP contribution in [0.1, 0.15) is 105 Å². The molecule has 0 unspecified atom stereocenters. The molecule has 2 aliphatic rings. The number of fused-ring (bicyclic) bond motifs is 8. The molecule has 5 rings (SSSR count). The van der Waals surface area contributed by atoms with Gasteiger partial charge in [0.25, 0.3) is 11.8 Å². The van der Waals surface area contributed by atoms with E-state index in [-0.39, 0.29) is 234 Å². The van der Waals surface area contributed by atoms with Gasteiger partial charge in [0.15, 0.2) is 0 Å². The Labute approximate surface area is 723 Å². The maximum absolute atomic E-state index is 13.6. The summed E-state index contributed by atoms with van der Waals surface area (Å²) in [7, 11) is 0. The fourth-order valence-corrected chi connectivity index (χ4v) is 10.9. The Morgan fingerprint density at radius 1 is 0.362 bits per heavy atom. The molecular formula is C64H77FeGd2N14Na2O22. The smallest absolute Gasteiger partial charge is 0.657 e. The number of nitrogens with zero attached hydrogens (tertiary/aromatic N) is 10. The van der Waals surface area contributed by atoms with E-state index in [0.717, 1.165) is 48.8 Å². The summed E-state index contributed by atoms with van der Waals surface area (Å²) in [5, 5.41) is 100. The van der Waals surface area contributed by atoms with Crippen LogP contribution in [0.5, 0.6) is 0 Å². The van der Waals surface area contributed by atoms with Gasteiger partial charge >= 0.3 is 156 Å². The average molecular weight is 1810 g/mol. The van der Waals surface area contributed by atoms with Gasteiger partial charge in [0.2, 0.25) is 11.8 Å². The Hall–Kier alpha value is -5.36. The molecule has 0 aromatic carbocycles. The van der Waals surface area contributed by atoms with Gasteiger partial charge in [-0.3, -0.25) is 70.3 Å². The quantitative estimate of drug-likeness (QED) is 0.0303. The summed E-state index contributed by atoms with van der Waals surface area (Å²) in [5.41, 5.74) is 19.9. The molecule has 4 N–H and O–H groups in total. The van der Waals surface area contributed by atoms with Crippen LogP contribution in [-0.2, 0) is 92.2 Å². The number of hydrazine groups is 2. The summed E-state index contributed by atoms with van der Waals surface area (Å²) in [5.74, 6) is -17.0. The second-order valence-electron chi connectivity index (χ2n) is 23.3. The van der Waals surface area contributed by atoms with E-state index in [1.54, 1.807) is 6.07 Å². The maximum Gasteiger partial charge on any atom is 3.00 e. The molecule has 3 aromatic heterocycles. The third-order valence-electron chi connectivity index (χ3n) is 15.7. The van der Waals surface area contributed by atoms with Crippen LogP contribution in [0.15, 0.2) is 24.3 Å². The molecule has 105 heavy (non-hydrogen) atoms. The van der Waals surface area contributed by atoms with E-state index in [2.05, 4.69) is 21.7 Å². The summed E-state index contributed by atoms with van der Waals surface area (Å²) < 4.78 is 0. The number of allylic oxidation sites excluding steroid dienone is 4. The number of aliphatic carboxylic acids is 9. The van der Waals surface area contributed by atoms with Crippen LogP contribution in [0.2, 0.25) is 0 Å². The number of hydrogen-bond donors (Lipinski definition) is 4. The van der Waals surface area contributed by atoms with Crippen LogP contribution in [0.4, 0.5) is 0 Å². The van der Waals surface area contributed by atoms with Gasteiger partial charge < -0.3 is 99.1 Å². The van der Waals surface area contributed by atoms with E-state index in [1.807, 2.05) is 59.7 Å². The molecule has 3 radical (unpaired) electrons. The molecule has 0 saturated heterocycles. The fourth-order valence-electron chi connectivity index (χ4n) is 10.9. The fraction of sp³-hybridized carbons (Fsp3) is 0.484. The standard InChI is InChI=1S/C62H84N14O20.C2H4O2.Fe.2Gd.2Na/c1-7-39-35(3)43-21-44-37(5)41(9-11-51(77)67-69-53(79)25-73(29-57(85)86)17-13-71(27-55(81)82)15-19-75(31-59(89)90)32-60(91)92)49(65-44)24-50-42(38(6)46(66-50)23-48-40(8-2)36(4)45(64-48)22-47(39)63-43)10-12-52(78)68-70-54(80)26-74(30-58(87)88)18-14-72(28-56(83)84)16-20-76(33-61(93)94)34-62(95)96;1-2(3)4;;;;;/h21-24H,7-20,25-34H2,1-6H3,(H14,63,64,65,66,67,68,69,70,77,78,79,80,81,82,83,84,85,86,87,88,89,90,91,92,93,94,95,96);1H3,(H,3,4);;;;;/q;;3*+3;2*+1/p-11. The molecule has 4 amide bonds. The van der Waals surface area contributed by atoms with Crippen LogP contribution in [0, 0.1) is 93.7 Å². The Bertz CT molecular complexity index is 3800. The Kier molecular flexibility index (Phi) is 49.5. The Balaban J connectivity index is 0. The molecule has 41 heteroatoms. The molecule has 561 valence electrons. The van der Waals surface area contributed by atoms with E-state index in [9.17, 15) is 98.4 Å². The van der Waals surface area contributed by atoms with E-state index >= 15 is 0 Å². The second-order valence-corrected chi connectivity index (χ2v) is 23.3. The Morgan fingerprint density at radius 2 is 0.600 bits per heavy atom. The zero-order valence-electron chi connectivity index (χ0n) is 59.3. The number of aryl methyl sites for hydroxylation is 4. The summed E-state index contributed by atoms with van der Waals surface area (Å²) in [6.07, 6.45) is 0.793. The van der Waals surface area contributed by atoms with Crippen LogP contribution >= 0.6 is 0 Å². The average Bonchev–Trinajstić information content (AvgIpc) is 1.62. The first kappa shape index (κ1) is 102. The SMILES string of the molecule is CC(=O)[O-].CCC1=C(C)c2cc3[n-]c(cc4[n-]c(cc5nc(cc1n2)C(C)=C5CC)c(C)c4CCC(=O)NNC(=O)CN(CCN(CCN(CC(=O)[O-])CC(=O)[O-])CC(=O)[O-])CC(=O)[O-])c(CCC(=O)NNC(=O)CN(CCN(CCN(CC(=O)[O-])CC(=O)[O-])CC(=O)[O-])CC(=O)[O-])c3C.[Fe+3].[Gd+3].[Gd+3].[Na+].[Na+]. The number of rotatable bonds is 40. The summed E-state index contributed by atoms with van der Waals surface area (Å²) in [4.78, 5) is 180. The molecule has 5 heterocycles. The minimum Gasteiger partial charge on any atom is -0.657 e. The third kappa shape index (κ3) is 36.6. The molecule has 0 saturated carbocycles. The van der Waals surface area contributed by atoms with Gasteiger partial charge in [0, 0.05) is 124 Å². The number of amides is 4. The number of carboxylic acids is 9. The van der Waals surface area contributed by atoms with E-state index in [1.165, 1.54) is 9.80 Å². The largest absolute Gasteiger partial charge is 3.00 e. The van der Waals surface area contributed by atoms with Crippen molar-refractivity contribution >= 4 is 122 Å². The summed E-state index contributed by atoms with van der Waals surface area (Å²) in [6, 6.07) is 7.32. The van der Waals surface area contributed by atoms with Crippen LogP contribution in [-0.4, -0.2) is 235 Å². The van der Waals surface area contributed by atoms with Crippen molar-refractivity contribution < 1.29 is 264 Å². The topological polar surface area (TPSA) is 551 Å². The predicted molar refractivity (Wildman–Crippen MR) is 333 cm³/mol. The summed E-state index contributed by atoms with van der Waals surface area (Å²) >= 11 is 0. The first-order chi connectivity index (χ1) is 47.0. The molecule has 0 aliphatic carbocycles. The second kappa shape index (κ2) is 51.1. The number of aromatic nitrogens is 4. The molecule has 8 bridgehead atoms. The molecular weight excluding hydrogens is 1730 g/mol. The van der Waals surface area contributed by atoms with Crippen molar-refractivity contribution in [1.29, 1.82) is 0 Å². The van der Waals surface area contributed by atoms with Crippen LogP contribution in [0.3, 0.4) is 0 Å². The first-order valence-corrected chi connectivity index (χ1v) is 31.4. The number of carboxylic acid groups (broad SMARTS) is 9. The van der Waals surface area contributed by atoms with Gasteiger partial charge in [-0.1, -0.05) is 54.3 Å². The van der Waals surface area contributed by atoms with Crippen molar-refractivity contribution in [2.24, 2.45) is 0 Å². The normalized spacial score (nSPS) is 11.5. The first-order valence-electron chi connectivity index (χ1n) is 31.4.